The van der Waals surface area contributed by atoms with E-state index in [1.54, 1.807) is 92.7 Å². The molecule has 1 amide bonds. The third kappa shape index (κ3) is 15.1. The molecule has 3 aromatic rings. The number of allylic oxidation sites excluding steroid dienone is 2. The van der Waals surface area contributed by atoms with Crippen molar-refractivity contribution in [1.82, 2.24) is 5.32 Å². The molecule has 0 aromatic heterocycles. The number of hydrogen-bond acceptors (Lipinski definition) is 18. The summed E-state index contributed by atoms with van der Waals surface area (Å²) < 4.78 is 54.7. The number of aliphatic hydroxyl groups excluding tert-OH is 1. The summed E-state index contributed by atoms with van der Waals surface area (Å²) in [4.78, 5) is 101. The zero-order valence-electron chi connectivity index (χ0n) is 51.9. The van der Waals surface area contributed by atoms with Crippen molar-refractivity contribution < 1.29 is 86.4 Å². The summed E-state index contributed by atoms with van der Waals surface area (Å²) in [5, 5.41) is 29.3. The Kier molecular flexibility index (Phi) is 23.0. The van der Waals surface area contributed by atoms with Gasteiger partial charge in [-0.2, -0.15) is 0 Å². The fraction of sp³-hybridized carbons (Fsp3) is 0.580. The number of nitrogens with one attached hydrogen (secondary N) is 1. The summed E-state index contributed by atoms with van der Waals surface area (Å²) in [5.41, 5.74) is -7.59. The molecule has 5 aliphatic rings. The molecule has 19 heteroatoms. The lowest BCUT2D eigenvalue weighted by Gasteiger charge is -2.67. The fourth-order valence-corrected chi connectivity index (χ4v) is 13.7. The zero-order valence-corrected chi connectivity index (χ0v) is 51.9. The predicted molar refractivity (Wildman–Crippen MR) is 322 cm³/mol. The lowest BCUT2D eigenvalue weighted by molar-refractivity contribution is -0.346. The van der Waals surface area contributed by atoms with E-state index in [9.17, 15) is 34.2 Å². The number of ether oxygens (including phenoxy) is 9. The van der Waals surface area contributed by atoms with E-state index in [-0.39, 0.29) is 48.5 Å². The van der Waals surface area contributed by atoms with Crippen molar-refractivity contribution in [1.29, 1.82) is 0 Å². The van der Waals surface area contributed by atoms with Crippen LogP contribution < -0.4 is 5.32 Å². The van der Waals surface area contributed by atoms with Gasteiger partial charge >= 0.3 is 30.0 Å². The Morgan fingerprint density at radius 3 is 1.95 bits per heavy atom. The number of fused-ring (bicyclic) bond motifs is 5. The van der Waals surface area contributed by atoms with Crippen LogP contribution in [0, 0.1) is 16.7 Å². The summed E-state index contributed by atoms with van der Waals surface area (Å²) in [6, 6.07) is 22.7. The van der Waals surface area contributed by atoms with Crippen molar-refractivity contribution in [2.45, 2.75) is 217 Å². The van der Waals surface area contributed by atoms with Crippen LogP contribution >= 0.6 is 0 Å². The lowest BCUT2D eigenvalue weighted by atomic mass is 9.44. The van der Waals surface area contributed by atoms with E-state index in [0.717, 1.165) is 58.8 Å². The average Bonchev–Trinajstić information content (AvgIpc) is 0.817. The topological polar surface area (TPSA) is 255 Å². The summed E-state index contributed by atoms with van der Waals surface area (Å²) in [5.74, 6) is -7.13. The van der Waals surface area contributed by atoms with Crippen LogP contribution in [0.4, 0.5) is 4.79 Å². The lowest BCUT2D eigenvalue weighted by Crippen LogP contribution is -2.82. The molecule has 4 fully saturated rings. The Hall–Kier alpha value is -6.77. The number of esters is 4. The Balaban J connectivity index is 1.06. The molecule has 3 aromatic carbocycles. The van der Waals surface area contributed by atoms with Gasteiger partial charge in [0, 0.05) is 37.7 Å². The zero-order chi connectivity index (χ0) is 63.2. The first-order valence-electron chi connectivity index (χ1n) is 31.4. The maximum Gasteiger partial charge on any atom is 0.509 e. The average molecular weight is 1220 g/mol. The number of ketones is 1. The van der Waals surface area contributed by atoms with Gasteiger partial charge in [-0.05, 0) is 93.3 Å². The molecular weight excluding hydrogens is 1130 g/mol. The molecule has 478 valence electrons. The molecule has 88 heavy (non-hydrogen) atoms. The third-order valence-corrected chi connectivity index (χ3v) is 18.6. The van der Waals surface area contributed by atoms with Crippen LogP contribution in [0.15, 0.2) is 114 Å². The largest absolute Gasteiger partial charge is 0.509 e. The number of amides is 1. The highest BCUT2D eigenvalue weighted by Gasteiger charge is 2.78. The van der Waals surface area contributed by atoms with Gasteiger partial charge in [0.1, 0.15) is 42.7 Å². The smallest absolute Gasteiger partial charge is 0.455 e. The number of benzene rings is 3. The van der Waals surface area contributed by atoms with Crippen molar-refractivity contribution in [3.63, 3.8) is 0 Å². The number of unbranched alkanes of at least 4 members (excludes halogenated alkanes) is 11. The van der Waals surface area contributed by atoms with Crippen LogP contribution in [0.1, 0.15) is 184 Å². The number of aliphatic hydroxyl groups is 2. The Morgan fingerprint density at radius 1 is 0.750 bits per heavy atom. The minimum Gasteiger partial charge on any atom is -0.455 e. The minimum atomic E-state index is -2.49. The first kappa shape index (κ1) is 67.2. The van der Waals surface area contributed by atoms with E-state index >= 15 is 9.59 Å². The van der Waals surface area contributed by atoms with Crippen molar-refractivity contribution >= 4 is 41.7 Å². The van der Waals surface area contributed by atoms with Crippen LogP contribution in [0.3, 0.4) is 0 Å². The monoisotopic (exact) mass is 1220 g/mol. The maximum atomic E-state index is 15.9. The van der Waals surface area contributed by atoms with Crippen molar-refractivity contribution in [3.05, 3.63) is 131 Å². The molecule has 3 aliphatic carbocycles. The summed E-state index contributed by atoms with van der Waals surface area (Å²) in [6.45, 7) is 9.94. The van der Waals surface area contributed by atoms with Gasteiger partial charge in [0.15, 0.2) is 23.8 Å². The molecule has 2 saturated heterocycles. The SMILES string of the molecule is CCCCCCCC/C=C\CCCCCCCC1OCC(COC(=O)O[C@H](C(=O)O[C@H]2C[C@@]3(O)[C@@H](OC(=O)c4ccccc4)[C@H]4[C@]5(OC(C)=O)CO[C@H]5C[C@H](O)[C@@]4(C)C(=O)[C@H](OC(C)=O)C(=C2C)C3(C)C)[C@@H](NC(=O)c2ccccc2)c2ccccc2)O1. The Bertz CT molecular complexity index is 2950. The molecule has 8 rings (SSSR count). The summed E-state index contributed by atoms with van der Waals surface area (Å²) in [7, 11) is 0. The van der Waals surface area contributed by atoms with Crippen molar-refractivity contribution in [2.75, 3.05) is 19.8 Å². The highest BCUT2D eigenvalue weighted by molar-refractivity contribution is 5.96. The van der Waals surface area contributed by atoms with E-state index in [1.165, 1.54) is 64.5 Å². The minimum absolute atomic E-state index is 0.0405. The van der Waals surface area contributed by atoms with Gasteiger partial charge in [0.2, 0.25) is 6.10 Å². The van der Waals surface area contributed by atoms with Gasteiger partial charge in [-0.3, -0.25) is 19.2 Å². The number of carbonyl (C=O) groups excluding carboxylic acids is 7. The van der Waals surface area contributed by atoms with Gasteiger partial charge in [0.25, 0.3) is 5.91 Å². The Labute approximate surface area is 516 Å². The summed E-state index contributed by atoms with van der Waals surface area (Å²) in [6.07, 6.45) is 6.99. The van der Waals surface area contributed by atoms with Crippen LogP contribution in [-0.4, -0.2) is 132 Å². The molecule has 13 atom stereocenters. The van der Waals surface area contributed by atoms with Gasteiger partial charge in [0.05, 0.1) is 36.2 Å². The Morgan fingerprint density at radius 2 is 1.35 bits per heavy atom. The van der Waals surface area contributed by atoms with Crippen molar-refractivity contribution in [3.8, 4) is 0 Å². The quantitative estimate of drug-likeness (QED) is 0.0264. The number of rotatable bonds is 28. The standard InChI is InChI=1S/C69H89NO18/c1-8-9-10-11-12-13-14-15-16-17-18-19-20-21-31-38-54-80-41-50(84-54)42-81-65(78)86-58(56(47-32-25-22-26-33-47)70-62(75)48-34-27-23-28-35-48)64(77)85-51-40-69(79)61(87-63(76)49-36-29-24-30-37-49)59-67(7,52(73)39-53-68(59,43-82-53)88-46(4)72)60(74)57(83-45(3)71)55(44(51)2)66(69,5)6/h15-16,22-30,32-37,50-54,56-59,61,73,79H,8-14,17-21,31,38-43H2,1-7H3,(H,70,75)/b16-15-/t50?,51-,52-,53-,54?,56-,57+,58-,59+,61-,67+,68-,69+/m0/s1. The number of carbonyl (C=O) groups is 7. The fourth-order valence-electron chi connectivity index (χ4n) is 13.7. The van der Waals surface area contributed by atoms with E-state index < -0.39 is 131 Å². The molecule has 3 N–H and O–H groups in total. The molecule has 2 saturated carbocycles. The number of Topliss-reactive ketones (excluding diaryl/α,β-unsaturated/α-hetero) is 1. The van der Waals surface area contributed by atoms with Gasteiger partial charge < -0.3 is 58.2 Å². The van der Waals surface area contributed by atoms with Crippen LogP contribution in [-0.2, 0) is 61.8 Å². The second-order valence-electron chi connectivity index (χ2n) is 24.9. The first-order chi connectivity index (χ1) is 42.2. The van der Waals surface area contributed by atoms with E-state index in [4.69, 9.17) is 42.6 Å². The van der Waals surface area contributed by atoms with E-state index in [0.29, 0.717) is 12.0 Å². The maximum absolute atomic E-state index is 15.9. The summed E-state index contributed by atoms with van der Waals surface area (Å²) >= 11 is 0. The van der Waals surface area contributed by atoms with Crippen LogP contribution in [0.5, 0.6) is 0 Å². The number of hydrogen-bond donors (Lipinski definition) is 3. The van der Waals surface area contributed by atoms with E-state index in [2.05, 4.69) is 24.4 Å². The second-order valence-corrected chi connectivity index (χ2v) is 24.9. The molecule has 2 aliphatic heterocycles. The van der Waals surface area contributed by atoms with Crippen molar-refractivity contribution in [2.24, 2.45) is 16.7 Å². The second kappa shape index (κ2) is 30.2. The molecule has 2 unspecified atom stereocenters. The predicted octanol–water partition coefficient (Wildman–Crippen LogP) is 10.7. The molecule has 2 heterocycles. The molecule has 0 radical (unpaired) electrons. The highest BCUT2D eigenvalue weighted by Crippen LogP contribution is 2.64. The molecule has 0 spiro atoms. The highest BCUT2D eigenvalue weighted by atomic mass is 16.8. The first-order valence-corrected chi connectivity index (χ1v) is 31.4. The van der Waals surface area contributed by atoms with Gasteiger partial charge in [-0.1, -0.05) is 151 Å². The normalized spacial score (nSPS) is 28.5. The van der Waals surface area contributed by atoms with E-state index in [1.807, 2.05) is 0 Å². The van der Waals surface area contributed by atoms with Gasteiger partial charge in [-0.25, -0.2) is 14.4 Å². The molecule has 19 nitrogen and oxygen atoms in total. The van der Waals surface area contributed by atoms with Gasteiger partial charge in [-0.15, -0.1) is 0 Å². The molecule has 2 bridgehead atoms. The third-order valence-electron chi connectivity index (χ3n) is 18.6. The van der Waals surface area contributed by atoms with Crippen LogP contribution in [0.2, 0.25) is 0 Å². The molecular formula is C69H89NO18. The van der Waals surface area contributed by atoms with Crippen LogP contribution in [0.25, 0.3) is 0 Å².